The third kappa shape index (κ3) is 6.34. The fourth-order valence-corrected chi connectivity index (χ4v) is 4.89. The van der Waals surface area contributed by atoms with Crippen molar-refractivity contribution in [1.29, 1.82) is 0 Å². The minimum Gasteiger partial charge on any atom is -0.474 e. The summed E-state index contributed by atoms with van der Waals surface area (Å²) in [5.41, 5.74) is 7.48. The van der Waals surface area contributed by atoms with E-state index < -0.39 is 7.25 Å². The molecule has 3 nitrogen and oxygen atoms in total. The summed E-state index contributed by atoms with van der Waals surface area (Å²) < 4.78 is 15.0. The highest BCUT2D eigenvalue weighted by atomic mass is 16.6. The smallest absolute Gasteiger partial charge is 0.474 e. The minimum absolute atomic E-state index is 0.0916. The molecule has 1 unspecified atom stereocenters. The standard InChI is InChI=1S/C35H39BNO2/c1-34(2,3)30-16-12-28(13-17-30)29-24-37(32-20-18-31(19-21-32)35(4,5)6)36(38-25-29)39-33-22-14-27(15-23-33)26-10-8-7-9-11-26/h7-24,29H,25H2,1-6H3/q+1. The van der Waals surface area contributed by atoms with Crippen LogP contribution in [-0.2, 0) is 15.5 Å². The van der Waals surface area contributed by atoms with Crippen LogP contribution in [0.5, 0.6) is 5.75 Å². The fourth-order valence-electron chi connectivity index (χ4n) is 4.89. The van der Waals surface area contributed by atoms with Gasteiger partial charge in [0.2, 0.25) is 0 Å². The van der Waals surface area contributed by atoms with Crippen LogP contribution in [0.15, 0.2) is 103 Å². The Morgan fingerprint density at radius 3 is 1.77 bits per heavy atom. The van der Waals surface area contributed by atoms with Gasteiger partial charge in [0.25, 0.3) is 0 Å². The van der Waals surface area contributed by atoms with E-state index in [1.54, 1.807) is 0 Å². The summed E-state index contributed by atoms with van der Waals surface area (Å²) in [5, 5.41) is 0. The van der Waals surface area contributed by atoms with Crippen molar-refractivity contribution in [3.8, 4) is 16.9 Å². The molecule has 0 N–H and O–H groups in total. The third-order valence-electron chi connectivity index (χ3n) is 7.42. The molecule has 1 atom stereocenters. The van der Waals surface area contributed by atoms with Crippen LogP contribution in [0.1, 0.15) is 64.2 Å². The molecule has 0 aliphatic carbocycles. The first-order valence-electron chi connectivity index (χ1n) is 13.9. The molecule has 1 heterocycles. The molecule has 0 spiro atoms. The highest BCUT2D eigenvalue weighted by Gasteiger charge is 2.46. The van der Waals surface area contributed by atoms with Crippen LogP contribution in [-0.4, -0.2) is 24.6 Å². The zero-order chi connectivity index (χ0) is 27.6. The van der Waals surface area contributed by atoms with Crippen LogP contribution in [0.2, 0.25) is 0 Å². The first-order chi connectivity index (χ1) is 18.6. The SMILES string of the molecule is CC(C)(C)c1ccc(C2C=[N+](c3ccc(C(C)(C)C)cc3)B(Oc3ccc(-c4ccccc4)cc3)OC2)cc1. The van der Waals surface area contributed by atoms with Gasteiger partial charge in [0.1, 0.15) is 12.0 Å². The molecule has 39 heavy (non-hydrogen) atoms. The Hall–Kier alpha value is -3.63. The van der Waals surface area contributed by atoms with Gasteiger partial charge in [-0.1, -0.05) is 120 Å². The van der Waals surface area contributed by atoms with Crippen LogP contribution in [0.3, 0.4) is 0 Å². The monoisotopic (exact) mass is 516 g/mol. The summed E-state index contributed by atoms with van der Waals surface area (Å²) in [6, 6.07) is 36.3. The molecule has 5 rings (SSSR count). The first kappa shape index (κ1) is 27.0. The molecular weight excluding hydrogens is 477 g/mol. The van der Waals surface area contributed by atoms with Crippen LogP contribution in [0, 0.1) is 0 Å². The van der Waals surface area contributed by atoms with Crippen molar-refractivity contribution in [3.05, 3.63) is 120 Å². The zero-order valence-corrected chi connectivity index (χ0v) is 24.0. The Kier molecular flexibility index (Phi) is 7.51. The van der Waals surface area contributed by atoms with Crippen LogP contribution in [0.4, 0.5) is 5.69 Å². The number of nitrogens with zero attached hydrogens (tertiary/aromatic N) is 1. The van der Waals surface area contributed by atoms with Gasteiger partial charge in [-0.3, -0.25) is 0 Å². The van der Waals surface area contributed by atoms with E-state index in [1.165, 1.54) is 22.3 Å². The third-order valence-corrected chi connectivity index (χ3v) is 7.42. The van der Waals surface area contributed by atoms with Crippen molar-refractivity contribution in [3.63, 3.8) is 0 Å². The minimum atomic E-state index is -0.557. The molecular formula is C35H39BNO2+. The lowest BCUT2D eigenvalue weighted by molar-refractivity contribution is -0.330. The highest BCUT2D eigenvalue weighted by molar-refractivity contribution is 6.37. The molecule has 0 saturated heterocycles. The topological polar surface area (TPSA) is 21.5 Å². The Morgan fingerprint density at radius 1 is 0.667 bits per heavy atom. The summed E-state index contributed by atoms with van der Waals surface area (Å²) >= 11 is 0. The van der Waals surface area contributed by atoms with E-state index in [2.05, 4.69) is 137 Å². The number of hydrogen-bond donors (Lipinski definition) is 0. The lowest BCUT2D eigenvalue weighted by atomic mass is 9.85. The van der Waals surface area contributed by atoms with E-state index in [0.29, 0.717) is 6.61 Å². The van der Waals surface area contributed by atoms with Gasteiger partial charge >= 0.3 is 7.25 Å². The number of hydrogen-bond acceptors (Lipinski definition) is 2. The van der Waals surface area contributed by atoms with E-state index in [1.807, 2.05) is 18.2 Å². The number of rotatable bonds is 5. The highest BCUT2D eigenvalue weighted by Crippen LogP contribution is 2.30. The predicted octanol–water partition coefficient (Wildman–Crippen LogP) is 8.54. The van der Waals surface area contributed by atoms with Crippen LogP contribution in [0.25, 0.3) is 11.1 Å². The lowest BCUT2D eigenvalue weighted by Gasteiger charge is -2.23. The maximum Gasteiger partial charge on any atom is 0.921 e. The van der Waals surface area contributed by atoms with Gasteiger partial charge in [-0.15, -0.1) is 0 Å². The van der Waals surface area contributed by atoms with E-state index >= 15 is 0 Å². The molecule has 1 aliphatic rings. The number of benzene rings is 4. The van der Waals surface area contributed by atoms with E-state index in [4.69, 9.17) is 9.31 Å². The molecule has 4 aromatic carbocycles. The Labute approximate surface area is 234 Å². The average molecular weight is 517 g/mol. The van der Waals surface area contributed by atoms with Crippen molar-refractivity contribution in [2.75, 3.05) is 6.61 Å². The van der Waals surface area contributed by atoms with Gasteiger partial charge in [0, 0.05) is 12.1 Å². The second kappa shape index (κ2) is 10.9. The van der Waals surface area contributed by atoms with Crippen LogP contribution >= 0.6 is 0 Å². The van der Waals surface area contributed by atoms with Gasteiger partial charge in [0.05, 0.1) is 12.5 Å². The molecule has 0 fully saturated rings. The summed E-state index contributed by atoms with van der Waals surface area (Å²) in [5.74, 6) is 0.902. The Balaban J connectivity index is 1.44. The van der Waals surface area contributed by atoms with Gasteiger partial charge in [-0.05, 0) is 50.8 Å². The molecule has 198 valence electrons. The van der Waals surface area contributed by atoms with E-state index in [0.717, 1.165) is 17.0 Å². The van der Waals surface area contributed by atoms with Crippen molar-refractivity contribution in [2.45, 2.75) is 58.3 Å². The second-order valence-electron chi connectivity index (χ2n) is 12.5. The normalized spacial score (nSPS) is 16.1. The molecule has 0 amide bonds. The zero-order valence-electron chi connectivity index (χ0n) is 24.0. The second-order valence-corrected chi connectivity index (χ2v) is 12.5. The first-order valence-corrected chi connectivity index (χ1v) is 13.9. The maximum absolute atomic E-state index is 6.43. The molecule has 0 bridgehead atoms. The molecule has 4 aromatic rings. The molecule has 4 heteroatoms. The van der Waals surface area contributed by atoms with Gasteiger partial charge < -0.3 is 9.31 Å². The molecule has 0 aromatic heterocycles. The lowest BCUT2D eigenvalue weighted by Crippen LogP contribution is -2.44. The summed E-state index contributed by atoms with van der Waals surface area (Å²) in [7, 11) is -0.557. The summed E-state index contributed by atoms with van der Waals surface area (Å²) in [6.07, 6.45) is 2.25. The van der Waals surface area contributed by atoms with Gasteiger partial charge in [-0.25, -0.2) is 4.49 Å². The molecule has 1 aliphatic heterocycles. The Bertz CT molecular complexity index is 1410. The summed E-state index contributed by atoms with van der Waals surface area (Å²) in [4.78, 5) is 0. The Morgan fingerprint density at radius 2 is 1.21 bits per heavy atom. The van der Waals surface area contributed by atoms with Crippen LogP contribution < -0.4 is 4.65 Å². The van der Waals surface area contributed by atoms with Crippen molar-refractivity contribution >= 4 is 19.2 Å². The molecule has 0 saturated carbocycles. The van der Waals surface area contributed by atoms with E-state index in [-0.39, 0.29) is 16.7 Å². The predicted molar refractivity (Wildman–Crippen MR) is 163 cm³/mol. The largest absolute Gasteiger partial charge is 0.921 e. The summed E-state index contributed by atoms with van der Waals surface area (Å²) in [6.45, 7) is 14.0. The quantitative estimate of drug-likeness (QED) is 0.248. The van der Waals surface area contributed by atoms with Crippen molar-refractivity contribution < 1.29 is 13.8 Å². The molecule has 0 radical (unpaired) electrons. The fraction of sp³-hybridized carbons (Fsp3) is 0.286. The van der Waals surface area contributed by atoms with E-state index in [9.17, 15) is 0 Å². The van der Waals surface area contributed by atoms with Crippen molar-refractivity contribution in [2.24, 2.45) is 0 Å². The maximum atomic E-state index is 6.43. The average Bonchev–Trinajstić information content (AvgIpc) is 2.93. The van der Waals surface area contributed by atoms with Gasteiger partial charge in [0.15, 0.2) is 5.69 Å². The van der Waals surface area contributed by atoms with Crippen molar-refractivity contribution in [1.82, 2.24) is 0 Å². The van der Waals surface area contributed by atoms with Gasteiger partial charge in [-0.2, -0.15) is 0 Å².